The molecule has 2 amide bonds. The van der Waals surface area contributed by atoms with Crippen LogP contribution in [0.3, 0.4) is 0 Å². The van der Waals surface area contributed by atoms with Crippen LogP contribution in [0.25, 0.3) is 0 Å². The Hall–Kier alpha value is -3.17. The standard InChI is InChI=1S/C22H31N3O7/c1-21(2,3)31-16(26)10-9-14(24-20(30)32-22(4,5)6)18(27)25-15(19(28)29)12-13-8-7-11-23-17(13)25/h7-8,11,14-15H,9-10,12H2,1-6H3,(H,24,30)(H,28,29)/t14-,15-/m0/s1. The molecule has 0 saturated carbocycles. The molecule has 2 atom stereocenters. The smallest absolute Gasteiger partial charge is 0.408 e. The lowest BCUT2D eigenvalue weighted by Gasteiger charge is -2.28. The van der Waals surface area contributed by atoms with Gasteiger partial charge in [0.2, 0.25) is 0 Å². The van der Waals surface area contributed by atoms with Crippen LogP contribution in [-0.2, 0) is 30.3 Å². The number of pyridine rings is 1. The van der Waals surface area contributed by atoms with Crippen molar-refractivity contribution in [3.8, 4) is 0 Å². The number of carbonyl (C=O) groups excluding carboxylic acids is 3. The maximum absolute atomic E-state index is 13.4. The van der Waals surface area contributed by atoms with Crippen molar-refractivity contribution in [1.82, 2.24) is 10.3 Å². The predicted octanol–water partition coefficient (Wildman–Crippen LogP) is 2.44. The molecule has 1 aromatic rings. The van der Waals surface area contributed by atoms with Crippen molar-refractivity contribution in [3.63, 3.8) is 0 Å². The van der Waals surface area contributed by atoms with Gasteiger partial charge >= 0.3 is 18.0 Å². The fourth-order valence-electron chi connectivity index (χ4n) is 3.24. The van der Waals surface area contributed by atoms with E-state index in [4.69, 9.17) is 9.47 Å². The summed E-state index contributed by atoms with van der Waals surface area (Å²) in [5.41, 5.74) is -0.910. The Morgan fingerprint density at radius 1 is 1.16 bits per heavy atom. The van der Waals surface area contributed by atoms with Crippen molar-refractivity contribution in [1.29, 1.82) is 0 Å². The highest BCUT2D eigenvalue weighted by molar-refractivity contribution is 6.04. The summed E-state index contributed by atoms with van der Waals surface area (Å²) < 4.78 is 10.5. The maximum atomic E-state index is 13.4. The second-order valence-corrected chi connectivity index (χ2v) is 9.58. The Bertz CT molecular complexity index is 886. The Kier molecular flexibility index (Phi) is 7.48. The molecule has 10 nitrogen and oxygen atoms in total. The fraction of sp³-hybridized carbons (Fsp3) is 0.591. The van der Waals surface area contributed by atoms with E-state index in [9.17, 15) is 24.3 Å². The lowest BCUT2D eigenvalue weighted by molar-refractivity contribution is -0.155. The van der Waals surface area contributed by atoms with Crippen LogP contribution in [0.5, 0.6) is 0 Å². The summed E-state index contributed by atoms with van der Waals surface area (Å²) in [6.07, 6.45) is 0.435. The molecule has 10 heteroatoms. The fourth-order valence-corrected chi connectivity index (χ4v) is 3.24. The van der Waals surface area contributed by atoms with Gasteiger partial charge in [0.1, 0.15) is 29.1 Å². The van der Waals surface area contributed by atoms with Crippen molar-refractivity contribution < 1.29 is 33.8 Å². The maximum Gasteiger partial charge on any atom is 0.408 e. The molecule has 0 aliphatic carbocycles. The van der Waals surface area contributed by atoms with E-state index >= 15 is 0 Å². The average molecular weight is 450 g/mol. The number of nitrogens with zero attached hydrogens (tertiary/aromatic N) is 2. The minimum atomic E-state index is -1.22. The third-order valence-corrected chi connectivity index (χ3v) is 4.39. The molecule has 0 aromatic carbocycles. The topological polar surface area (TPSA) is 135 Å². The number of amides is 2. The van der Waals surface area contributed by atoms with Crippen molar-refractivity contribution in [3.05, 3.63) is 23.9 Å². The molecular formula is C22H31N3O7. The number of ether oxygens (including phenoxy) is 2. The minimum Gasteiger partial charge on any atom is -0.480 e. The van der Waals surface area contributed by atoms with E-state index in [2.05, 4.69) is 10.3 Å². The van der Waals surface area contributed by atoms with Crippen LogP contribution >= 0.6 is 0 Å². The molecule has 1 aromatic heterocycles. The molecule has 1 aliphatic heterocycles. The van der Waals surface area contributed by atoms with Crippen LogP contribution in [0.4, 0.5) is 10.6 Å². The first-order chi connectivity index (χ1) is 14.7. The second kappa shape index (κ2) is 9.54. The molecule has 0 radical (unpaired) electrons. The van der Waals surface area contributed by atoms with Gasteiger partial charge < -0.3 is 19.9 Å². The van der Waals surface area contributed by atoms with Crippen molar-refractivity contribution in [2.24, 2.45) is 0 Å². The predicted molar refractivity (Wildman–Crippen MR) is 115 cm³/mol. The Morgan fingerprint density at radius 2 is 1.78 bits per heavy atom. The van der Waals surface area contributed by atoms with E-state index in [0.717, 1.165) is 4.90 Å². The number of esters is 1. The van der Waals surface area contributed by atoms with E-state index in [1.54, 1.807) is 53.7 Å². The SMILES string of the molecule is CC(C)(C)OC(=O)CC[C@H](NC(=O)OC(C)(C)C)C(=O)N1c2ncccc2C[C@H]1C(=O)O. The first kappa shape index (κ1) is 25.1. The summed E-state index contributed by atoms with van der Waals surface area (Å²) >= 11 is 0. The highest BCUT2D eigenvalue weighted by Crippen LogP contribution is 2.31. The Morgan fingerprint density at radius 3 is 2.34 bits per heavy atom. The quantitative estimate of drug-likeness (QED) is 0.632. The van der Waals surface area contributed by atoms with Gasteiger partial charge in [0.05, 0.1) is 0 Å². The number of hydrogen-bond acceptors (Lipinski definition) is 7. The van der Waals surface area contributed by atoms with E-state index in [-0.39, 0.29) is 25.1 Å². The monoisotopic (exact) mass is 449 g/mol. The first-order valence-corrected chi connectivity index (χ1v) is 10.4. The van der Waals surface area contributed by atoms with E-state index in [0.29, 0.717) is 5.56 Å². The van der Waals surface area contributed by atoms with Gasteiger partial charge in [0.25, 0.3) is 5.91 Å². The third kappa shape index (κ3) is 6.93. The van der Waals surface area contributed by atoms with Gasteiger partial charge in [-0.05, 0) is 59.6 Å². The summed E-state index contributed by atoms with van der Waals surface area (Å²) in [4.78, 5) is 55.0. The first-order valence-electron chi connectivity index (χ1n) is 10.4. The molecular weight excluding hydrogens is 418 g/mol. The molecule has 0 bridgehead atoms. The number of rotatable bonds is 6. The van der Waals surface area contributed by atoms with Gasteiger partial charge in [0, 0.05) is 19.0 Å². The number of aromatic nitrogens is 1. The van der Waals surface area contributed by atoms with Crippen LogP contribution in [0.2, 0.25) is 0 Å². The lowest BCUT2D eigenvalue weighted by atomic mass is 10.1. The third-order valence-electron chi connectivity index (χ3n) is 4.39. The highest BCUT2D eigenvalue weighted by Gasteiger charge is 2.42. The number of hydrogen-bond donors (Lipinski definition) is 2. The number of nitrogens with one attached hydrogen (secondary N) is 1. The summed E-state index contributed by atoms with van der Waals surface area (Å²) in [6, 6.07) is 0.969. The molecule has 0 spiro atoms. The number of anilines is 1. The van der Waals surface area contributed by atoms with Crippen LogP contribution in [0.15, 0.2) is 18.3 Å². The van der Waals surface area contributed by atoms with Crippen LogP contribution in [0, 0.1) is 0 Å². The van der Waals surface area contributed by atoms with Crippen LogP contribution < -0.4 is 10.2 Å². The minimum absolute atomic E-state index is 0.0927. The molecule has 2 rings (SSSR count). The van der Waals surface area contributed by atoms with Gasteiger partial charge in [-0.15, -0.1) is 0 Å². The second-order valence-electron chi connectivity index (χ2n) is 9.58. The zero-order chi connectivity index (χ0) is 24.3. The summed E-state index contributed by atoms with van der Waals surface area (Å²) in [6.45, 7) is 10.2. The summed E-state index contributed by atoms with van der Waals surface area (Å²) in [7, 11) is 0. The normalized spacial score (nSPS) is 16.7. The molecule has 2 N–H and O–H groups in total. The summed E-state index contributed by atoms with van der Waals surface area (Å²) in [5, 5.41) is 12.1. The number of aliphatic carboxylic acids is 1. The zero-order valence-electron chi connectivity index (χ0n) is 19.3. The van der Waals surface area contributed by atoms with E-state index in [1.807, 2.05) is 0 Å². The van der Waals surface area contributed by atoms with Crippen molar-refractivity contribution >= 4 is 29.8 Å². The number of alkyl carbamates (subject to hydrolysis) is 1. The van der Waals surface area contributed by atoms with Gasteiger partial charge in [-0.1, -0.05) is 6.07 Å². The van der Waals surface area contributed by atoms with Crippen LogP contribution in [0.1, 0.15) is 59.9 Å². The van der Waals surface area contributed by atoms with E-state index in [1.165, 1.54) is 6.20 Å². The molecule has 2 heterocycles. The molecule has 0 saturated heterocycles. The largest absolute Gasteiger partial charge is 0.480 e. The summed E-state index contributed by atoms with van der Waals surface area (Å²) in [5.74, 6) is -2.21. The van der Waals surface area contributed by atoms with Gasteiger partial charge in [-0.2, -0.15) is 0 Å². The molecule has 176 valence electrons. The number of fused-ring (bicyclic) bond motifs is 1. The number of carboxylic acids is 1. The molecule has 0 fully saturated rings. The van der Waals surface area contributed by atoms with Crippen molar-refractivity contribution in [2.45, 2.75) is 84.1 Å². The van der Waals surface area contributed by atoms with Crippen LogP contribution in [-0.4, -0.2) is 57.3 Å². The molecule has 32 heavy (non-hydrogen) atoms. The highest BCUT2D eigenvalue weighted by atomic mass is 16.6. The van der Waals surface area contributed by atoms with E-state index < -0.39 is 47.2 Å². The Balaban J connectivity index is 2.28. The van der Waals surface area contributed by atoms with Gasteiger partial charge in [0.15, 0.2) is 0 Å². The van der Waals surface area contributed by atoms with Crippen molar-refractivity contribution in [2.75, 3.05) is 4.90 Å². The lowest BCUT2D eigenvalue weighted by Crippen LogP contribution is -2.54. The zero-order valence-corrected chi connectivity index (χ0v) is 19.3. The number of carbonyl (C=O) groups is 4. The Labute approximate surface area is 187 Å². The number of carboxylic acid groups (broad SMARTS) is 1. The van der Waals surface area contributed by atoms with Gasteiger partial charge in [-0.3, -0.25) is 14.5 Å². The molecule has 0 unspecified atom stereocenters. The average Bonchev–Trinajstić information content (AvgIpc) is 3.01. The molecule has 1 aliphatic rings. The van der Waals surface area contributed by atoms with Gasteiger partial charge in [-0.25, -0.2) is 14.6 Å².